The van der Waals surface area contributed by atoms with Gasteiger partial charge in [-0.3, -0.25) is 0 Å². The Labute approximate surface area is 201 Å². The molecule has 1 unspecified atom stereocenters. The first-order valence-corrected chi connectivity index (χ1v) is 11.5. The summed E-state index contributed by atoms with van der Waals surface area (Å²) in [7, 11) is 3.94. The topological polar surface area (TPSA) is 70.7 Å². The van der Waals surface area contributed by atoms with Crippen molar-refractivity contribution < 1.29 is 13.6 Å². The summed E-state index contributed by atoms with van der Waals surface area (Å²) in [5.41, 5.74) is 3.76. The highest BCUT2D eigenvalue weighted by Gasteiger charge is 2.29. The molecular formula is C25H27F2N7O. The first-order chi connectivity index (χ1) is 16.9. The maximum Gasteiger partial charge on any atom is 0.333 e. The van der Waals surface area contributed by atoms with Gasteiger partial charge in [-0.05, 0) is 49.2 Å². The molecule has 4 aromatic rings. The Kier molecular flexibility index (Phi) is 6.10. The Morgan fingerprint density at radius 2 is 1.97 bits per heavy atom. The van der Waals surface area contributed by atoms with Crippen LogP contribution in [0.25, 0.3) is 16.8 Å². The van der Waals surface area contributed by atoms with E-state index in [9.17, 15) is 13.6 Å². The molecule has 0 radical (unpaired) electrons. The van der Waals surface area contributed by atoms with Gasteiger partial charge in [-0.1, -0.05) is 6.07 Å². The lowest BCUT2D eigenvalue weighted by Gasteiger charge is -2.32. The van der Waals surface area contributed by atoms with E-state index < -0.39 is 6.55 Å². The van der Waals surface area contributed by atoms with Gasteiger partial charge in [-0.25, -0.2) is 14.5 Å². The molecule has 0 saturated carbocycles. The van der Waals surface area contributed by atoms with Crippen LogP contribution in [0.15, 0.2) is 61.1 Å². The standard InChI is InChI=1S/C25H27F2N7O/c1-31(2)20-10-8-19(9-11-20)29-25(35)32-12-5-6-17(15-32)23-30-22(21-7-3-4-13-33(21)23)18-14-28-34(16-18)24(26)27/h3-4,7-11,13-14,16-17,24H,5-6,12,15H2,1-2H3,(H,29,35). The number of likely N-dealkylation sites (tertiary alicyclic amines) is 1. The van der Waals surface area contributed by atoms with Crippen LogP contribution >= 0.6 is 0 Å². The van der Waals surface area contributed by atoms with E-state index in [1.807, 2.05) is 77.0 Å². The normalized spacial score (nSPS) is 16.1. The molecule has 1 aromatic carbocycles. The minimum atomic E-state index is -2.71. The van der Waals surface area contributed by atoms with Crippen molar-refractivity contribution in [3.8, 4) is 11.3 Å². The van der Waals surface area contributed by atoms with Gasteiger partial charge in [0, 0.05) is 62.4 Å². The van der Waals surface area contributed by atoms with E-state index in [1.165, 1.54) is 12.4 Å². The highest BCUT2D eigenvalue weighted by molar-refractivity contribution is 5.89. The third-order valence-corrected chi connectivity index (χ3v) is 6.36. The number of nitrogens with zero attached hydrogens (tertiary/aromatic N) is 6. The van der Waals surface area contributed by atoms with Crippen molar-refractivity contribution >= 4 is 22.9 Å². The van der Waals surface area contributed by atoms with Gasteiger partial charge in [0.05, 0.1) is 17.4 Å². The van der Waals surface area contributed by atoms with E-state index in [-0.39, 0.29) is 11.9 Å². The molecule has 8 nitrogen and oxygen atoms in total. The van der Waals surface area contributed by atoms with E-state index in [0.717, 1.165) is 35.6 Å². The van der Waals surface area contributed by atoms with E-state index in [1.54, 1.807) is 0 Å². The van der Waals surface area contributed by atoms with Gasteiger partial charge in [0.25, 0.3) is 0 Å². The number of imidazole rings is 1. The molecule has 182 valence electrons. The molecule has 1 atom stereocenters. The van der Waals surface area contributed by atoms with Gasteiger partial charge in [0.2, 0.25) is 0 Å². The SMILES string of the molecule is CN(C)c1ccc(NC(=O)N2CCCC(c3nc(-c4cnn(C(F)F)c4)c4ccccn34)C2)cc1. The molecule has 0 aliphatic carbocycles. The van der Waals surface area contributed by atoms with E-state index in [2.05, 4.69) is 10.4 Å². The molecule has 1 fully saturated rings. The van der Waals surface area contributed by atoms with Crippen molar-refractivity contribution in [3.05, 3.63) is 66.9 Å². The van der Waals surface area contributed by atoms with Crippen LogP contribution in [-0.4, -0.2) is 57.3 Å². The predicted molar refractivity (Wildman–Crippen MR) is 131 cm³/mol. The number of amides is 2. The van der Waals surface area contributed by atoms with E-state index in [4.69, 9.17) is 4.98 Å². The summed E-state index contributed by atoms with van der Waals surface area (Å²) < 4.78 is 28.7. The smallest absolute Gasteiger partial charge is 0.333 e. The van der Waals surface area contributed by atoms with Gasteiger partial charge < -0.3 is 19.5 Å². The minimum Gasteiger partial charge on any atom is -0.378 e. The molecule has 4 heterocycles. The molecule has 1 aliphatic heterocycles. The zero-order valence-electron chi connectivity index (χ0n) is 19.6. The van der Waals surface area contributed by atoms with Gasteiger partial charge in [0.15, 0.2) is 0 Å². The third-order valence-electron chi connectivity index (χ3n) is 6.36. The molecule has 1 N–H and O–H groups in total. The predicted octanol–water partition coefficient (Wildman–Crippen LogP) is 5.07. The van der Waals surface area contributed by atoms with Crippen molar-refractivity contribution in [2.45, 2.75) is 25.3 Å². The van der Waals surface area contributed by atoms with E-state index >= 15 is 0 Å². The summed E-state index contributed by atoms with van der Waals surface area (Å²) >= 11 is 0. The number of fused-ring (bicyclic) bond motifs is 1. The summed E-state index contributed by atoms with van der Waals surface area (Å²) in [6.45, 7) is -1.53. The highest BCUT2D eigenvalue weighted by atomic mass is 19.3. The number of piperidine rings is 1. The number of nitrogens with one attached hydrogen (secondary N) is 1. The lowest BCUT2D eigenvalue weighted by molar-refractivity contribution is 0.0566. The first kappa shape index (κ1) is 22.8. The fraction of sp³-hybridized carbons (Fsp3) is 0.320. The van der Waals surface area contributed by atoms with Crippen LogP contribution in [0.3, 0.4) is 0 Å². The molecule has 3 aromatic heterocycles. The zero-order chi connectivity index (χ0) is 24.5. The van der Waals surface area contributed by atoms with Crippen molar-refractivity contribution in [2.24, 2.45) is 0 Å². The molecule has 5 rings (SSSR count). The van der Waals surface area contributed by atoms with Crippen LogP contribution in [-0.2, 0) is 0 Å². The minimum absolute atomic E-state index is 0.0133. The average molecular weight is 480 g/mol. The number of benzene rings is 1. The summed E-state index contributed by atoms with van der Waals surface area (Å²) in [6.07, 6.45) is 6.37. The third kappa shape index (κ3) is 4.55. The molecule has 1 aliphatic rings. The number of anilines is 2. The van der Waals surface area contributed by atoms with Crippen LogP contribution in [0, 0.1) is 0 Å². The molecule has 2 amide bonds. The molecule has 10 heteroatoms. The fourth-order valence-electron chi connectivity index (χ4n) is 4.55. The Morgan fingerprint density at radius 1 is 1.17 bits per heavy atom. The zero-order valence-corrected chi connectivity index (χ0v) is 19.6. The van der Waals surface area contributed by atoms with Crippen LogP contribution < -0.4 is 10.2 Å². The number of hydrogen-bond acceptors (Lipinski definition) is 4. The van der Waals surface area contributed by atoms with Gasteiger partial charge in [-0.2, -0.15) is 13.9 Å². The van der Waals surface area contributed by atoms with Crippen molar-refractivity contribution in [2.75, 3.05) is 37.4 Å². The molecular weight excluding hydrogens is 452 g/mol. The molecule has 1 saturated heterocycles. The quantitative estimate of drug-likeness (QED) is 0.434. The number of carbonyl (C=O) groups is 1. The number of aromatic nitrogens is 4. The average Bonchev–Trinajstić information content (AvgIpc) is 3.50. The van der Waals surface area contributed by atoms with Crippen LogP contribution in [0.2, 0.25) is 0 Å². The molecule has 35 heavy (non-hydrogen) atoms. The van der Waals surface area contributed by atoms with Gasteiger partial charge in [0.1, 0.15) is 5.82 Å². The maximum atomic E-state index is 13.1. The Bertz CT molecular complexity index is 1330. The second-order valence-corrected chi connectivity index (χ2v) is 8.92. The van der Waals surface area contributed by atoms with Gasteiger partial charge in [-0.15, -0.1) is 0 Å². The van der Waals surface area contributed by atoms with Crippen molar-refractivity contribution in [3.63, 3.8) is 0 Å². The number of rotatable bonds is 5. The number of alkyl halides is 2. The monoisotopic (exact) mass is 479 g/mol. The lowest BCUT2D eigenvalue weighted by atomic mass is 9.97. The largest absolute Gasteiger partial charge is 0.378 e. The fourth-order valence-corrected chi connectivity index (χ4v) is 4.55. The number of halogens is 2. The van der Waals surface area contributed by atoms with Gasteiger partial charge >= 0.3 is 12.6 Å². The Morgan fingerprint density at radius 3 is 2.69 bits per heavy atom. The van der Waals surface area contributed by atoms with Crippen LogP contribution in [0.5, 0.6) is 0 Å². The number of carbonyl (C=O) groups excluding carboxylic acids is 1. The summed E-state index contributed by atoms with van der Waals surface area (Å²) in [5, 5.41) is 6.75. The Balaban J connectivity index is 1.37. The summed E-state index contributed by atoms with van der Waals surface area (Å²) in [4.78, 5) is 21.7. The molecule has 0 bridgehead atoms. The second-order valence-electron chi connectivity index (χ2n) is 8.92. The molecule has 0 spiro atoms. The maximum absolute atomic E-state index is 13.1. The van der Waals surface area contributed by atoms with E-state index in [0.29, 0.717) is 29.0 Å². The Hall–Kier alpha value is -3.95. The number of urea groups is 1. The number of pyridine rings is 1. The van der Waals surface area contributed by atoms with Crippen LogP contribution in [0.4, 0.5) is 25.0 Å². The van der Waals surface area contributed by atoms with Crippen LogP contribution in [0.1, 0.15) is 31.1 Å². The number of hydrogen-bond donors (Lipinski definition) is 1. The lowest BCUT2D eigenvalue weighted by Crippen LogP contribution is -2.42. The highest BCUT2D eigenvalue weighted by Crippen LogP contribution is 2.32. The summed E-state index contributed by atoms with van der Waals surface area (Å²) in [5.74, 6) is 0.827. The van der Waals surface area contributed by atoms with Crippen molar-refractivity contribution in [1.29, 1.82) is 0 Å². The second kappa shape index (κ2) is 9.36. The van der Waals surface area contributed by atoms with Crippen molar-refractivity contribution in [1.82, 2.24) is 24.1 Å². The first-order valence-electron chi connectivity index (χ1n) is 11.5. The summed E-state index contributed by atoms with van der Waals surface area (Å²) in [6, 6.07) is 13.3.